The van der Waals surface area contributed by atoms with Crippen LogP contribution >= 0.6 is 0 Å². The van der Waals surface area contributed by atoms with Gasteiger partial charge < -0.3 is 4.74 Å². The van der Waals surface area contributed by atoms with Crippen molar-refractivity contribution in [2.45, 2.75) is 32.1 Å². The first kappa shape index (κ1) is 18.4. The summed E-state index contributed by atoms with van der Waals surface area (Å²) in [6.07, 6.45) is 5.81. The van der Waals surface area contributed by atoms with Crippen molar-refractivity contribution >= 4 is 11.4 Å². The minimum atomic E-state index is -0.721. The number of nitrogens with zero attached hydrogens (tertiary/aromatic N) is 1. The second kappa shape index (κ2) is 8.30. The van der Waals surface area contributed by atoms with Gasteiger partial charge >= 0.3 is 0 Å². The maximum Gasteiger partial charge on any atom is 0.191 e. The van der Waals surface area contributed by atoms with E-state index in [0.29, 0.717) is 18.2 Å². The number of benzene rings is 2. The van der Waals surface area contributed by atoms with Crippen molar-refractivity contribution in [3.8, 4) is 0 Å². The van der Waals surface area contributed by atoms with Gasteiger partial charge in [0.25, 0.3) is 0 Å². The fourth-order valence-electron chi connectivity index (χ4n) is 3.35. The molecule has 0 saturated heterocycles. The molecule has 0 radical (unpaired) electrons. The maximum absolute atomic E-state index is 13.7. The van der Waals surface area contributed by atoms with Gasteiger partial charge in [0, 0.05) is 6.07 Å². The van der Waals surface area contributed by atoms with E-state index in [1.165, 1.54) is 54.5 Å². The van der Waals surface area contributed by atoms with Crippen LogP contribution in [-0.4, -0.2) is 6.61 Å². The zero-order valence-electron chi connectivity index (χ0n) is 14.6. The molecule has 2 aromatic carbocycles. The number of anilines is 2. The molecule has 2 nitrogen and oxygen atoms in total. The monoisotopic (exact) mass is 361 g/mol. The number of hydrogen-bond acceptors (Lipinski definition) is 2. The van der Waals surface area contributed by atoms with E-state index in [1.54, 1.807) is 6.07 Å². The smallest absolute Gasteiger partial charge is 0.191 e. The molecule has 0 heterocycles. The van der Waals surface area contributed by atoms with Gasteiger partial charge in [-0.1, -0.05) is 25.3 Å². The minimum absolute atomic E-state index is 0.196. The van der Waals surface area contributed by atoms with E-state index >= 15 is 0 Å². The second-order valence-electron chi connectivity index (χ2n) is 6.65. The van der Waals surface area contributed by atoms with Crippen LogP contribution in [0.15, 0.2) is 54.9 Å². The molecule has 138 valence electrons. The molecule has 1 aliphatic rings. The van der Waals surface area contributed by atoms with Gasteiger partial charge in [-0.2, -0.15) is 0 Å². The highest BCUT2D eigenvalue weighted by Gasteiger charge is 2.19. The summed E-state index contributed by atoms with van der Waals surface area (Å²) in [5.41, 5.74) is 0.588. The molecule has 26 heavy (non-hydrogen) atoms. The molecule has 0 N–H and O–H groups in total. The molecule has 2 aromatic rings. The highest BCUT2D eigenvalue weighted by atomic mass is 19.1. The van der Waals surface area contributed by atoms with Crippen LogP contribution in [0, 0.1) is 23.4 Å². The molecule has 0 aliphatic heterocycles. The van der Waals surface area contributed by atoms with Gasteiger partial charge in [0.1, 0.15) is 17.5 Å². The molecule has 5 heteroatoms. The number of halogens is 3. The Labute approximate surface area is 151 Å². The Morgan fingerprint density at radius 2 is 1.58 bits per heavy atom. The third-order valence-electron chi connectivity index (χ3n) is 4.63. The maximum atomic E-state index is 13.7. The van der Waals surface area contributed by atoms with Crippen molar-refractivity contribution in [2.24, 2.45) is 5.92 Å². The average molecular weight is 361 g/mol. The zero-order chi connectivity index (χ0) is 18.5. The Kier molecular flexibility index (Phi) is 5.86. The predicted octanol–water partition coefficient (Wildman–Crippen LogP) is 6.31. The van der Waals surface area contributed by atoms with Gasteiger partial charge in [-0.3, -0.25) is 4.90 Å². The van der Waals surface area contributed by atoms with Gasteiger partial charge in [0.15, 0.2) is 5.88 Å². The van der Waals surface area contributed by atoms with E-state index < -0.39 is 17.5 Å². The number of hydrogen-bond donors (Lipinski definition) is 0. The van der Waals surface area contributed by atoms with E-state index in [9.17, 15) is 13.2 Å². The lowest BCUT2D eigenvalue weighted by atomic mass is 9.90. The highest BCUT2D eigenvalue weighted by molar-refractivity contribution is 5.67. The minimum Gasteiger partial charge on any atom is -0.479 e. The lowest BCUT2D eigenvalue weighted by Gasteiger charge is -2.29. The van der Waals surface area contributed by atoms with Crippen LogP contribution in [-0.2, 0) is 4.74 Å². The Balaban J connectivity index is 1.85. The van der Waals surface area contributed by atoms with Crippen LogP contribution in [0.3, 0.4) is 0 Å². The van der Waals surface area contributed by atoms with E-state index in [1.807, 2.05) is 0 Å². The molecule has 0 atom stereocenters. The van der Waals surface area contributed by atoms with Crippen molar-refractivity contribution in [3.63, 3.8) is 0 Å². The highest BCUT2D eigenvalue weighted by Crippen LogP contribution is 2.32. The van der Waals surface area contributed by atoms with E-state index in [4.69, 9.17) is 4.74 Å². The van der Waals surface area contributed by atoms with Crippen LogP contribution < -0.4 is 4.90 Å². The molecular formula is C21H22F3NO. The molecule has 0 amide bonds. The van der Waals surface area contributed by atoms with Gasteiger partial charge in [-0.15, -0.1) is 0 Å². The van der Waals surface area contributed by atoms with Crippen molar-refractivity contribution in [2.75, 3.05) is 11.5 Å². The molecule has 3 rings (SSSR count). The molecule has 0 unspecified atom stereocenters. The average Bonchev–Trinajstić information content (AvgIpc) is 2.60. The first-order valence-electron chi connectivity index (χ1n) is 8.86. The Hall–Kier alpha value is -2.43. The van der Waals surface area contributed by atoms with Crippen LogP contribution in [0.5, 0.6) is 0 Å². The van der Waals surface area contributed by atoms with E-state index in [0.717, 1.165) is 18.9 Å². The van der Waals surface area contributed by atoms with E-state index in [2.05, 4.69) is 6.58 Å². The van der Waals surface area contributed by atoms with Crippen molar-refractivity contribution < 1.29 is 17.9 Å². The largest absolute Gasteiger partial charge is 0.479 e. The van der Waals surface area contributed by atoms with Gasteiger partial charge in [-0.25, -0.2) is 13.2 Å². The van der Waals surface area contributed by atoms with Crippen LogP contribution in [0.25, 0.3) is 0 Å². The Morgan fingerprint density at radius 1 is 0.923 bits per heavy atom. The van der Waals surface area contributed by atoms with Crippen LogP contribution in [0.4, 0.5) is 24.5 Å². The molecule has 1 aliphatic carbocycles. The summed E-state index contributed by atoms with van der Waals surface area (Å²) < 4.78 is 47.0. The summed E-state index contributed by atoms with van der Waals surface area (Å²) in [6, 6.07) is 8.88. The molecular weight excluding hydrogens is 339 g/mol. The summed E-state index contributed by atoms with van der Waals surface area (Å²) in [7, 11) is 0. The SMILES string of the molecule is C=C(OCC1CCCCC1)N(c1cccc(F)c1)c1cc(F)cc(F)c1. The predicted molar refractivity (Wildman–Crippen MR) is 96.6 cm³/mol. The second-order valence-corrected chi connectivity index (χ2v) is 6.65. The molecule has 0 spiro atoms. The molecule has 0 bridgehead atoms. The topological polar surface area (TPSA) is 12.5 Å². The normalized spacial score (nSPS) is 14.9. The van der Waals surface area contributed by atoms with Crippen molar-refractivity contribution in [1.82, 2.24) is 0 Å². The number of ether oxygens (including phenoxy) is 1. The third kappa shape index (κ3) is 4.59. The summed E-state index contributed by atoms with van der Waals surface area (Å²) in [5, 5.41) is 0. The summed E-state index contributed by atoms with van der Waals surface area (Å²) in [4.78, 5) is 1.43. The lowest BCUT2D eigenvalue weighted by Crippen LogP contribution is -2.21. The summed E-state index contributed by atoms with van der Waals surface area (Å²) >= 11 is 0. The fourth-order valence-corrected chi connectivity index (χ4v) is 3.35. The third-order valence-corrected chi connectivity index (χ3v) is 4.63. The number of rotatable bonds is 6. The molecule has 1 saturated carbocycles. The zero-order valence-corrected chi connectivity index (χ0v) is 14.6. The van der Waals surface area contributed by atoms with Gasteiger partial charge in [0.2, 0.25) is 0 Å². The molecule has 0 aromatic heterocycles. The standard InChI is InChI=1S/C21H22F3NO/c1-15(26-14-16-6-3-2-4-7-16)25(20-9-5-8-17(22)11-20)21-12-18(23)10-19(24)13-21/h5,8-13,16H,1-4,6-7,14H2. The first-order valence-corrected chi connectivity index (χ1v) is 8.86. The Bertz CT molecular complexity index is 751. The molecule has 1 fully saturated rings. The van der Waals surface area contributed by atoms with E-state index in [-0.39, 0.29) is 11.6 Å². The van der Waals surface area contributed by atoms with Crippen molar-refractivity contribution in [3.05, 3.63) is 72.4 Å². The fraction of sp³-hybridized carbons (Fsp3) is 0.333. The quantitative estimate of drug-likeness (QED) is 0.559. The first-order chi connectivity index (χ1) is 12.5. The van der Waals surface area contributed by atoms with Crippen LogP contribution in [0.1, 0.15) is 32.1 Å². The van der Waals surface area contributed by atoms with Gasteiger partial charge in [0.05, 0.1) is 18.0 Å². The van der Waals surface area contributed by atoms with Gasteiger partial charge in [-0.05, 0) is 55.7 Å². The van der Waals surface area contributed by atoms with Crippen molar-refractivity contribution in [1.29, 1.82) is 0 Å². The lowest BCUT2D eigenvalue weighted by molar-refractivity contribution is 0.141. The summed E-state index contributed by atoms with van der Waals surface area (Å²) in [6.45, 7) is 4.41. The van der Waals surface area contributed by atoms with Crippen LogP contribution in [0.2, 0.25) is 0 Å². The Morgan fingerprint density at radius 3 is 2.23 bits per heavy atom. The summed E-state index contributed by atoms with van der Waals surface area (Å²) in [5.74, 6) is -1.24.